The van der Waals surface area contributed by atoms with E-state index in [1.54, 1.807) is 11.3 Å². The van der Waals surface area contributed by atoms with Crippen LogP contribution in [0.4, 0.5) is 0 Å². The van der Waals surface area contributed by atoms with Crippen LogP contribution < -0.4 is 5.73 Å². The molecule has 0 spiro atoms. The molecule has 2 aromatic rings. The van der Waals surface area contributed by atoms with Crippen molar-refractivity contribution < 1.29 is 0 Å². The van der Waals surface area contributed by atoms with Crippen molar-refractivity contribution in [1.82, 2.24) is 9.88 Å². The maximum absolute atomic E-state index is 5.37. The fourth-order valence-electron chi connectivity index (χ4n) is 1.88. The molecule has 0 bridgehead atoms. The molecule has 0 saturated heterocycles. The quantitative estimate of drug-likeness (QED) is 0.856. The lowest BCUT2D eigenvalue weighted by atomic mass is 10.2. The highest BCUT2D eigenvalue weighted by Crippen LogP contribution is 2.15. The predicted molar refractivity (Wildman–Crippen MR) is 84.5 cm³/mol. The van der Waals surface area contributed by atoms with Crippen molar-refractivity contribution in [3.63, 3.8) is 0 Å². The first kappa shape index (κ1) is 14.7. The van der Waals surface area contributed by atoms with Gasteiger partial charge in [0, 0.05) is 47.2 Å². The van der Waals surface area contributed by atoms with Crippen molar-refractivity contribution in [2.45, 2.75) is 13.0 Å². The third kappa shape index (κ3) is 4.78. The topological polar surface area (TPSA) is 42.2 Å². The fourth-order valence-corrected chi connectivity index (χ4v) is 2.77. The van der Waals surface area contributed by atoms with Gasteiger partial charge in [-0.15, -0.1) is 11.3 Å². The molecule has 0 radical (unpaired) electrons. The zero-order valence-electron chi connectivity index (χ0n) is 11.7. The number of nitrogens with two attached hydrogens (primary N) is 1. The number of aromatic nitrogens is 1. The molecule has 2 heterocycles. The van der Waals surface area contributed by atoms with Crippen molar-refractivity contribution >= 4 is 11.3 Å². The first-order valence-corrected chi connectivity index (χ1v) is 7.50. The normalized spacial score (nSPS) is 10.3. The minimum atomic E-state index is 0.412. The van der Waals surface area contributed by atoms with Crippen LogP contribution in [0.1, 0.15) is 16.1 Å². The molecule has 0 aliphatic rings. The molecular formula is C16H19N3S. The van der Waals surface area contributed by atoms with E-state index in [1.807, 2.05) is 18.3 Å². The molecule has 3 nitrogen and oxygen atoms in total. The molecule has 0 unspecified atom stereocenters. The molecule has 0 aliphatic carbocycles. The zero-order valence-corrected chi connectivity index (χ0v) is 12.5. The molecular weight excluding hydrogens is 266 g/mol. The highest BCUT2D eigenvalue weighted by Gasteiger charge is 2.04. The molecule has 0 amide bonds. The summed E-state index contributed by atoms with van der Waals surface area (Å²) in [5, 5.41) is 2.09. The van der Waals surface area contributed by atoms with E-state index in [2.05, 4.69) is 46.3 Å². The van der Waals surface area contributed by atoms with Crippen molar-refractivity contribution in [2.75, 3.05) is 20.1 Å². The van der Waals surface area contributed by atoms with Crippen LogP contribution in [0.3, 0.4) is 0 Å². The number of hydrogen-bond donors (Lipinski definition) is 1. The number of nitrogens with zero attached hydrogens (tertiary/aromatic N) is 2. The third-order valence-corrected chi connectivity index (χ3v) is 3.81. The minimum absolute atomic E-state index is 0.412. The predicted octanol–water partition coefficient (Wildman–Crippen LogP) is 2.13. The van der Waals surface area contributed by atoms with E-state index in [0.29, 0.717) is 6.54 Å². The second-order valence-electron chi connectivity index (χ2n) is 4.62. The molecule has 0 aliphatic heterocycles. The van der Waals surface area contributed by atoms with E-state index in [1.165, 1.54) is 4.88 Å². The Bertz CT molecular complexity index is 581. The van der Waals surface area contributed by atoms with Gasteiger partial charge in [0.15, 0.2) is 0 Å². The molecule has 0 aromatic carbocycles. The van der Waals surface area contributed by atoms with Crippen LogP contribution in [0.2, 0.25) is 0 Å². The first-order valence-electron chi connectivity index (χ1n) is 6.62. The van der Waals surface area contributed by atoms with Crippen molar-refractivity contribution in [3.8, 4) is 11.8 Å². The van der Waals surface area contributed by atoms with Crippen molar-refractivity contribution in [2.24, 2.45) is 5.73 Å². The summed E-state index contributed by atoms with van der Waals surface area (Å²) < 4.78 is 0. The molecule has 2 N–H and O–H groups in total. The standard InChI is InChI=1S/C16H19N3S/c1-19(10-7-15-6-2-3-9-18-15)12-16-11-14(13-20-16)5-4-8-17/h2-3,6,9,11,13H,7-8,10,12,17H2,1H3. The maximum Gasteiger partial charge on any atom is 0.0555 e. The van der Waals surface area contributed by atoms with Gasteiger partial charge in [0.25, 0.3) is 0 Å². The van der Waals surface area contributed by atoms with Crippen LogP contribution in [0.5, 0.6) is 0 Å². The van der Waals surface area contributed by atoms with Gasteiger partial charge in [-0.1, -0.05) is 17.9 Å². The Balaban J connectivity index is 1.82. The second kappa shape index (κ2) is 7.81. The third-order valence-electron chi connectivity index (χ3n) is 2.89. The molecule has 4 heteroatoms. The van der Waals surface area contributed by atoms with Gasteiger partial charge in [-0.2, -0.15) is 0 Å². The van der Waals surface area contributed by atoms with Gasteiger partial charge >= 0.3 is 0 Å². The van der Waals surface area contributed by atoms with Gasteiger partial charge < -0.3 is 10.6 Å². The highest BCUT2D eigenvalue weighted by atomic mass is 32.1. The van der Waals surface area contributed by atoms with Gasteiger partial charge in [0.1, 0.15) is 0 Å². The van der Waals surface area contributed by atoms with Gasteiger partial charge in [0.05, 0.1) is 6.54 Å². The van der Waals surface area contributed by atoms with E-state index in [4.69, 9.17) is 5.73 Å². The largest absolute Gasteiger partial charge is 0.320 e. The van der Waals surface area contributed by atoms with Crippen LogP contribution in [-0.4, -0.2) is 30.0 Å². The van der Waals surface area contributed by atoms with E-state index in [9.17, 15) is 0 Å². The van der Waals surface area contributed by atoms with E-state index >= 15 is 0 Å². The molecule has 2 rings (SSSR count). The average Bonchev–Trinajstić information content (AvgIpc) is 2.91. The Morgan fingerprint density at radius 2 is 2.30 bits per heavy atom. The highest BCUT2D eigenvalue weighted by molar-refractivity contribution is 7.10. The van der Waals surface area contributed by atoms with Crippen molar-refractivity contribution in [1.29, 1.82) is 0 Å². The number of hydrogen-bond acceptors (Lipinski definition) is 4. The zero-order chi connectivity index (χ0) is 14.2. The van der Waals surface area contributed by atoms with Crippen LogP contribution >= 0.6 is 11.3 Å². The summed E-state index contributed by atoms with van der Waals surface area (Å²) in [6.45, 7) is 2.36. The average molecular weight is 285 g/mol. The van der Waals surface area contributed by atoms with Gasteiger partial charge in [0.2, 0.25) is 0 Å². The maximum atomic E-state index is 5.37. The lowest BCUT2D eigenvalue weighted by molar-refractivity contribution is 0.333. The fraction of sp³-hybridized carbons (Fsp3) is 0.312. The van der Waals surface area contributed by atoms with E-state index in [0.717, 1.165) is 30.8 Å². The lowest BCUT2D eigenvalue weighted by Gasteiger charge is -2.14. The number of thiophene rings is 1. The molecule has 104 valence electrons. The monoisotopic (exact) mass is 285 g/mol. The number of pyridine rings is 1. The summed E-state index contributed by atoms with van der Waals surface area (Å²) in [6.07, 6.45) is 2.82. The smallest absolute Gasteiger partial charge is 0.0555 e. The summed E-state index contributed by atoms with van der Waals surface area (Å²) in [7, 11) is 2.13. The molecule has 0 atom stereocenters. The summed E-state index contributed by atoms with van der Waals surface area (Å²) >= 11 is 1.75. The molecule has 0 saturated carbocycles. The Kier molecular flexibility index (Phi) is 5.75. The van der Waals surface area contributed by atoms with Gasteiger partial charge in [-0.05, 0) is 25.2 Å². The van der Waals surface area contributed by atoms with Crippen LogP contribution in [0, 0.1) is 11.8 Å². The SMILES string of the molecule is CN(CCc1ccccn1)Cc1cc(C#CCN)cs1. The molecule has 2 aromatic heterocycles. The number of likely N-dealkylation sites (N-methyl/N-ethyl adjacent to an activating group) is 1. The Labute approximate surface area is 124 Å². The van der Waals surface area contributed by atoms with E-state index in [-0.39, 0.29) is 0 Å². The summed E-state index contributed by atoms with van der Waals surface area (Å²) in [6, 6.07) is 8.19. The van der Waals surface area contributed by atoms with Crippen LogP contribution in [-0.2, 0) is 13.0 Å². The van der Waals surface area contributed by atoms with Crippen molar-refractivity contribution in [3.05, 3.63) is 52.0 Å². The minimum Gasteiger partial charge on any atom is -0.320 e. The Morgan fingerprint density at radius 1 is 1.40 bits per heavy atom. The van der Waals surface area contributed by atoms with Crippen LogP contribution in [0.25, 0.3) is 0 Å². The summed E-state index contributed by atoms with van der Waals surface area (Å²) in [5.41, 5.74) is 7.58. The Hall–Kier alpha value is -1.67. The van der Waals surface area contributed by atoms with Crippen LogP contribution in [0.15, 0.2) is 35.8 Å². The first-order chi connectivity index (χ1) is 9.78. The molecule has 0 fully saturated rings. The van der Waals surface area contributed by atoms with Gasteiger partial charge in [-0.25, -0.2) is 0 Å². The second-order valence-corrected chi connectivity index (χ2v) is 5.61. The summed E-state index contributed by atoms with van der Waals surface area (Å²) in [5.74, 6) is 5.94. The summed E-state index contributed by atoms with van der Waals surface area (Å²) in [4.78, 5) is 7.98. The molecule has 20 heavy (non-hydrogen) atoms. The number of rotatable bonds is 5. The lowest BCUT2D eigenvalue weighted by Crippen LogP contribution is -2.20. The Morgan fingerprint density at radius 3 is 3.05 bits per heavy atom. The van der Waals surface area contributed by atoms with E-state index < -0.39 is 0 Å². The van der Waals surface area contributed by atoms with Gasteiger partial charge in [-0.3, -0.25) is 4.98 Å².